The van der Waals surface area contributed by atoms with Crippen molar-refractivity contribution in [3.8, 4) is 11.1 Å². The number of primary amides is 1. The van der Waals surface area contributed by atoms with E-state index in [1.807, 2.05) is 31.2 Å². The number of imidazole rings is 1. The van der Waals surface area contributed by atoms with Gasteiger partial charge in [0.15, 0.2) is 23.1 Å². The molecule has 2 bridgehead atoms. The minimum Gasteiger partial charge on any atom is -0.405 e. The van der Waals surface area contributed by atoms with E-state index in [1.54, 1.807) is 12.1 Å². The van der Waals surface area contributed by atoms with Gasteiger partial charge in [-0.3, -0.25) is 38.4 Å². The summed E-state index contributed by atoms with van der Waals surface area (Å²) in [6.07, 6.45) is 6.32. The average molecular weight is 1010 g/mol. The quantitative estimate of drug-likeness (QED) is 0.0443. The van der Waals surface area contributed by atoms with Crippen LogP contribution in [0.3, 0.4) is 0 Å². The fourth-order valence-electron chi connectivity index (χ4n) is 10.9. The molecule has 1 aromatic heterocycles. The van der Waals surface area contributed by atoms with Gasteiger partial charge in [0.2, 0.25) is 23.6 Å². The molecule has 6 N–H and O–H groups in total. The summed E-state index contributed by atoms with van der Waals surface area (Å²) in [6.45, 7) is 12.9. The first-order chi connectivity index (χ1) is 34.6. The van der Waals surface area contributed by atoms with E-state index in [0.29, 0.717) is 23.1 Å². The first-order valence-electron chi connectivity index (χ1n) is 25.9. The topological polar surface area (TPSA) is 257 Å². The molecule has 4 amide bonds. The summed E-state index contributed by atoms with van der Waals surface area (Å²) < 4.78 is 12.9. The van der Waals surface area contributed by atoms with Gasteiger partial charge in [-0.25, -0.2) is 4.98 Å². The molecule has 0 spiro atoms. The van der Waals surface area contributed by atoms with Gasteiger partial charge in [-0.2, -0.15) is 0 Å². The zero-order valence-electron chi connectivity index (χ0n) is 43.7. The molecule has 18 heteroatoms. The number of aryl methyl sites for hydroxylation is 1. The highest BCUT2D eigenvalue weighted by Crippen LogP contribution is 2.66. The lowest BCUT2D eigenvalue weighted by molar-refractivity contribution is -0.199. The van der Waals surface area contributed by atoms with Gasteiger partial charge in [0.05, 0.1) is 55.1 Å². The third-order valence-corrected chi connectivity index (χ3v) is 16.0. The maximum atomic E-state index is 14.0. The number of aliphatic hydroxyl groups excluding tert-OH is 1. The normalized spacial score (nSPS) is 22.0. The Labute approximate surface area is 429 Å². The molecule has 394 valence electrons. The zero-order chi connectivity index (χ0) is 53.4. The molecule has 2 aromatic carbocycles. The molecule has 0 radical (unpaired) electrons. The Balaban J connectivity index is 0.984. The number of aromatic nitrogens is 2. The Bertz CT molecular complexity index is 2460. The number of aliphatic hydroxyl groups is 1. The number of rotatable bonds is 28. The zero-order valence-corrected chi connectivity index (χ0v) is 43.7. The standard InChI is InChI=1S/C55H75BN6O11/c1-9-10-11-35-12-14-36(15-13-35)37-16-18-38(19-17-37)45(65)24-39(30-63)53(71)60-34(4)44(64)20-21-51(69)62(8)43(27-41-29-58-31-59-41)47(67)22-32(2)52(70)61-42(28-50(57)68)46(66)23-33(3)56-72-49-26-40-25-48(54(40,5)6)55(49,7)73-56/h12-19,29,31-34,39-40,42-43,48-49,63H,9-11,20-28,30H2,1-8H3,(H2,57,68)(H,58,59)(H,60,71)(H,61,70)/t32-,33-,34-,39-,40+,42+,43+,48+,49?,55+/m1/s1. The lowest BCUT2D eigenvalue weighted by Gasteiger charge is -2.64. The summed E-state index contributed by atoms with van der Waals surface area (Å²) in [4.78, 5) is 115. The van der Waals surface area contributed by atoms with E-state index in [9.17, 15) is 43.5 Å². The molecule has 4 fully saturated rings. The van der Waals surface area contributed by atoms with Crippen molar-refractivity contribution >= 4 is 53.9 Å². The Morgan fingerprint density at radius 1 is 0.863 bits per heavy atom. The second kappa shape index (κ2) is 24.5. The van der Waals surface area contributed by atoms with Crippen molar-refractivity contribution in [1.82, 2.24) is 25.5 Å². The van der Waals surface area contributed by atoms with E-state index < -0.39 is 103 Å². The molecular formula is C55H75BN6O11. The van der Waals surface area contributed by atoms with Crippen LogP contribution in [0.5, 0.6) is 0 Å². The lowest BCUT2D eigenvalue weighted by atomic mass is 9.43. The number of H-pyrrole nitrogens is 1. The molecule has 1 aliphatic heterocycles. The molecule has 2 heterocycles. The monoisotopic (exact) mass is 1010 g/mol. The first kappa shape index (κ1) is 56.5. The Morgan fingerprint density at radius 3 is 2.14 bits per heavy atom. The lowest BCUT2D eigenvalue weighted by Crippen LogP contribution is -2.65. The number of ketones is 4. The van der Waals surface area contributed by atoms with Crippen LogP contribution >= 0.6 is 0 Å². The number of carbonyl (C=O) groups excluding carboxylic acids is 8. The van der Waals surface area contributed by atoms with Gasteiger partial charge in [0.1, 0.15) is 0 Å². The number of amides is 4. The summed E-state index contributed by atoms with van der Waals surface area (Å²) in [5.74, 6) is -6.08. The minimum absolute atomic E-state index is 0.0129. The number of likely N-dealkylation sites (N-methyl/N-ethyl adjacent to an activating group) is 1. The molecule has 3 saturated carbocycles. The van der Waals surface area contributed by atoms with Gasteiger partial charge in [-0.1, -0.05) is 89.6 Å². The smallest absolute Gasteiger partial charge is 0.405 e. The fourth-order valence-corrected chi connectivity index (χ4v) is 10.9. The molecule has 3 aromatic rings. The molecular weight excluding hydrogens is 931 g/mol. The molecule has 10 atom stereocenters. The van der Waals surface area contributed by atoms with E-state index >= 15 is 0 Å². The van der Waals surface area contributed by atoms with Gasteiger partial charge in [0.25, 0.3) is 0 Å². The highest BCUT2D eigenvalue weighted by atomic mass is 16.7. The van der Waals surface area contributed by atoms with Gasteiger partial charge >= 0.3 is 7.12 Å². The van der Waals surface area contributed by atoms with Crippen molar-refractivity contribution < 1.29 is 52.8 Å². The van der Waals surface area contributed by atoms with Crippen LogP contribution in [-0.2, 0) is 55.7 Å². The van der Waals surface area contributed by atoms with Crippen molar-refractivity contribution in [2.75, 3.05) is 13.7 Å². The van der Waals surface area contributed by atoms with Crippen molar-refractivity contribution in [3.63, 3.8) is 0 Å². The van der Waals surface area contributed by atoms with Crippen molar-refractivity contribution in [1.29, 1.82) is 0 Å². The van der Waals surface area contributed by atoms with Crippen LogP contribution in [0.25, 0.3) is 11.1 Å². The van der Waals surface area contributed by atoms with Crippen molar-refractivity contribution in [2.24, 2.45) is 34.8 Å². The van der Waals surface area contributed by atoms with E-state index in [0.717, 1.165) is 43.2 Å². The average Bonchev–Trinajstić information content (AvgIpc) is 4.02. The molecule has 1 unspecified atom stereocenters. The highest BCUT2D eigenvalue weighted by Gasteiger charge is 2.68. The van der Waals surface area contributed by atoms with Gasteiger partial charge in [-0.05, 0) is 79.3 Å². The number of unbranched alkanes of at least 4 members (excludes halogenated alkanes) is 1. The molecule has 17 nitrogen and oxygen atoms in total. The number of Topliss-reactive ketones (excluding diaryl/α,β-unsaturated/α-hetero) is 4. The largest absolute Gasteiger partial charge is 0.461 e. The number of nitrogens with zero attached hydrogens (tertiary/aromatic N) is 2. The maximum Gasteiger partial charge on any atom is 0.461 e. The Kier molecular flexibility index (Phi) is 18.9. The number of hydrogen-bond donors (Lipinski definition) is 5. The van der Waals surface area contributed by atoms with Crippen LogP contribution < -0.4 is 16.4 Å². The summed E-state index contributed by atoms with van der Waals surface area (Å²) in [5, 5.41) is 15.3. The SMILES string of the molecule is CCCCc1ccc(-c2ccc(C(=O)C[C@H](CO)C(=O)N[C@H](C)C(=O)CCC(=O)N(C)[C@@H](Cc3cnc[nH]3)C(=O)C[C@@H](C)C(=O)N[C@@H](CC(N)=O)C(=O)C[C@@H](C)B3OC4C[C@@H]5C[C@@H](C5(C)C)[C@]4(C)O3)cc2)cc1. The Hall–Kier alpha value is -5.85. The summed E-state index contributed by atoms with van der Waals surface area (Å²) >= 11 is 0. The van der Waals surface area contributed by atoms with Crippen LogP contribution in [-0.4, -0.2) is 117 Å². The van der Waals surface area contributed by atoms with Crippen LogP contribution in [0, 0.1) is 29.1 Å². The van der Waals surface area contributed by atoms with E-state index in [2.05, 4.69) is 60.4 Å². The number of nitrogens with two attached hydrogens (primary N) is 1. The summed E-state index contributed by atoms with van der Waals surface area (Å²) in [5.41, 5.74) is 9.32. The minimum atomic E-state index is -1.25. The van der Waals surface area contributed by atoms with Gasteiger partial charge in [0, 0.05) is 68.9 Å². The molecule has 73 heavy (non-hydrogen) atoms. The molecule has 3 aliphatic carbocycles. The van der Waals surface area contributed by atoms with Crippen LogP contribution in [0.4, 0.5) is 0 Å². The fraction of sp³-hybridized carbons (Fsp3) is 0.582. The van der Waals surface area contributed by atoms with Crippen molar-refractivity contribution in [3.05, 3.63) is 77.9 Å². The van der Waals surface area contributed by atoms with Crippen LogP contribution in [0.1, 0.15) is 134 Å². The predicted octanol–water partition coefficient (Wildman–Crippen LogP) is 5.56. The molecule has 4 aliphatic rings. The Morgan fingerprint density at radius 2 is 1.53 bits per heavy atom. The van der Waals surface area contributed by atoms with Crippen LogP contribution in [0.15, 0.2) is 61.1 Å². The van der Waals surface area contributed by atoms with Gasteiger partial charge < -0.3 is 40.7 Å². The molecule has 1 saturated heterocycles. The summed E-state index contributed by atoms with van der Waals surface area (Å²) in [7, 11) is 0.779. The third kappa shape index (κ3) is 13.7. The third-order valence-electron chi connectivity index (χ3n) is 16.0. The number of hydrogen-bond acceptors (Lipinski definition) is 12. The number of aromatic amines is 1. The maximum absolute atomic E-state index is 14.0. The van der Waals surface area contributed by atoms with Crippen LogP contribution in [0.2, 0.25) is 5.82 Å². The van der Waals surface area contributed by atoms with E-state index in [4.69, 9.17) is 15.0 Å². The first-order valence-corrected chi connectivity index (χ1v) is 25.9. The number of nitrogens with one attached hydrogen (secondary N) is 3. The second-order valence-electron chi connectivity index (χ2n) is 21.7. The predicted molar refractivity (Wildman–Crippen MR) is 274 cm³/mol. The van der Waals surface area contributed by atoms with E-state index in [-0.39, 0.29) is 55.8 Å². The van der Waals surface area contributed by atoms with Crippen molar-refractivity contribution in [2.45, 2.75) is 161 Å². The number of carbonyl (C=O) groups is 8. The molecule has 7 rings (SSSR count). The van der Waals surface area contributed by atoms with Gasteiger partial charge in [-0.15, -0.1) is 0 Å². The van der Waals surface area contributed by atoms with E-state index in [1.165, 1.54) is 43.9 Å². The summed E-state index contributed by atoms with van der Waals surface area (Å²) in [6, 6.07) is 11.9. The number of benzene rings is 2. The second-order valence-corrected chi connectivity index (χ2v) is 21.7. The highest BCUT2D eigenvalue weighted by molar-refractivity contribution is 6.47.